The van der Waals surface area contributed by atoms with E-state index >= 15 is 0 Å². The number of ketones is 1. The van der Waals surface area contributed by atoms with Crippen LogP contribution in [0.2, 0.25) is 0 Å². The second-order valence-electron chi connectivity index (χ2n) is 9.99. The van der Waals surface area contributed by atoms with Gasteiger partial charge in [0.2, 0.25) is 0 Å². The summed E-state index contributed by atoms with van der Waals surface area (Å²) in [4.78, 5) is 16.2. The number of ether oxygens (including phenoxy) is 1. The molecule has 8 heteroatoms. The Morgan fingerprint density at radius 3 is 2.26 bits per heavy atom. The molecule has 0 fully saturated rings. The summed E-state index contributed by atoms with van der Waals surface area (Å²) in [6.45, 7) is 10.7. The topological polar surface area (TPSA) is 94.8 Å². The first kappa shape index (κ1) is 31.0. The lowest BCUT2D eigenvalue weighted by Crippen LogP contribution is -2.28. The predicted molar refractivity (Wildman–Crippen MR) is 157 cm³/mol. The molecule has 1 heterocycles. The predicted octanol–water partition coefficient (Wildman–Crippen LogP) is 6.56. The maximum absolute atomic E-state index is 13.7. The van der Waals surface area contributed by atoms with E-state index in [1.807, 2.05) is 24.3 Å². The van der Waals surface area contributed by atoms with Gasteiger partial charge in [0.25, 0.3) is 0 Å². The van der Waals surface area contributed by atoms with Crippen molar-refractivity contribution < 1.29 is 22.7 Å². The minimum atomic E-state index is -2.36. The Morgan fingerprint density at radius 1 is 0.949 bits per heavy atom. The number of hydrogen-bond acceptors (Lipinski definition) is 6. The summed E-state index contributed by atoms with van der Waals surface area (Å²) in [7, 11) is 0. The van der Waals surface area contributed by atoms with E-state index in [0.717, 1.165) is 50.2 Å². The van der Waals surface area contributed by atoms with Gasteiger partial charge in [-0.05, 0) is 80.7 Å². The Hall–Kier alpha value is -2.52. The van der Waals surface area contributed by atoms with Gasteiger partial charge in [-0.2, -0.15) is 0 Å². The second-order valence-corrected chi connectivity index (χ2v) is 10.8. The summed E-state index contributed by atoms with van der Waals surface area (Å²) < 4.78 is 36.3. The third-order valence-electron chi connectivity index (χ3n) is 6.86. The molecule has 214 valence electrons. The van der Waals surface area contributed by atoms with Crippen molar-refractivity contribution in [2.75, 3.05) is 26.2 Å². The molecule has 0 aliphatic rings. The zero-order valence-corrected chi connectivity index (χ0v) is 24.4. The van der Waals surface area contributed by atoms with E-state index in [2.05, 4.69) is 30.4 Å². The van der Waals surface area contributed by atoms with Crippen LogP contribution in [0.25, 0.3) is 11.0 Å². The monoisotopic (exact) mass is 555 g/mol. The summed E-state index contributed by atoms with van der Waals surface area (Å²) in [6, 6.07) is 12.8. The molecule has 0 radical (unpaired) electrons. The van der Waals surface area contributed by atoms with Crippen LogP contribution in [-0.2, 0) is 24.2 Å². The van der Waals surface area contributed by atoms with Gasteiger partial charge in [-0.3, -0.25) is 9.00 Å². The van der Waals surface area contributed by atoms with E-state index < -0.39 is 11.3 Å². The number of furan rings is 1. The van der Waals surface area contributed by atoms with Crippen LogP contribution in [0.1, 0.15) is 93.0 Å². The molecule has 1 atom stereocenters. The average molecular weight is 556 g/mol. The van der Waals surface area contributed by atoms with Crippen LogP contribution >= 0.6 is 0 Å². The van der Waals surface area contributed by atoms with Crippen LogP contribution in [0.5, 0.6) is 5.75 Å². The lowest BCUT2D eigenvalue weighted by atomic mass is 9.97. The first-order chi connectivity index (χ1) is 19.0. The van der Waals surface area contributed by atoms with Gasteiger partial charge < -0.3 is 18.6 Å². The Balaban J connectivity index is 1.69. The van der Waals surface area contributed by atoms with Crippen LogP contribution in [0.15, 0.2) is 46.9 Å². The highest BCUT2D eigenvalue weighted by Gasteiger charge is 2.22. The zero-order valence-electron chi connectivity index (χ0n) is 23.6. The second kappa shape index (κ2) is 16.6. The minimum absolute atomic E-state index is 0.105. The number of benzene rings is 2. The molecule has 39 heavy (non-hydrogen) atoms. The summed E-state index contributed by atoms with van der Waals surface area (Å²) in [5, 5.41) is 0.707. The normalized spacial score (nSPS) is 12.3. The molecular formula is C31H43N2O5S-. The highest BCUT2D eigenvalue weighted by atomic mass is 32.2. The maximum Gasteiger partial charge on any atom is 0.197 e. The SMILES string of the molecule is CCCCc1oc2ccc(CNS(=O)[O-])cc2c1C(=O)c1ccc(OCCCN(CCCC)CCCC)cc1. The van der Waals surface area contributed by atoms with Crippen molar-refractivity contribution >= 4 is 28.0 Å². The van der Waals surface area contributed by atoms with E-state index in [4.69, 9.17) is 9.15 Å². The molecule has 0 amide bonds. The number of carbonyl (C=O) groups is 1. The van der Waals surface area contributed by atoms with Gasteiger partial charge in [0.1, 0.15) is 17.1 Å². The standard InChI is InChI=1S/C31H44N2O5S/c1-4-7-11-29-30(27-22-24(23-32-39(35)36)12-17-28(27)38-29)31(34)25-13-15-26(16-14-25)37-21-10-20-33(18-8-5-2)19-9-6-3/h12-17,22,32H,4-11,18-21,23H2,1-3H3,(H,35,36)/p-1. The fourth-order valence-electron chi connectivity index (χ4n) is 4.63. The summed E-state index contributed by atoms with van der Waals surface area (Å²) in [6.07, 6.45) is 8.39. The van der Waals surface area contributed by atoms with E-state index in [9.17, 15) is 13.6 Å². The number of nitrogens with one attached hydrogen (secondary N) is 1. The minimum Gasteiger partial charge on any atom is -0.760 e. The molecule has 0 aliphatic carbocycles. The van der Waals surface area contributed by atoms with Crippen molar-refractivity contribution in [1.29, 1.82) is 0 Å². The van der Waals surface area contributed by atoms with Gasteiger partial charge in [0.15, 0.2) is 5.78 Å². The third-order valence-corrected chi connectivity index (χ3v) is 7.24. The highest BCUT2D eigenvalue weighted by Crippen LogP contribution is 2.31. The molecule has 1 unspecified atom stereocenters. The largest absolute Gasteiger partial charge is 0.760 e. The fraction of sp³-hybridized carbons (Fsp3) is 0.516. The molecular weight excluding hydrogens is 512 g/mol. The molecule has 0 bridgehead atoms. The molecule has 0 saturated heterocycles. The van der Waals surface area contributed by atoms with Gasteiger partial charge in [0.05, 0.1) is 12.2 Å². The van der Waals surface area contributed by atoms with Crippen molar-refractivity contribution in [2.45, 2.75) is 78.7 Å². The molecule has 7 nitrogen and oxygen atoms in total. The summed E-state index contributed by atoms with van der Waals surface area (Å²) >= 11 is -2.36. The van der Waals surface area contributed by atoms with Gasteiger partial charge in [-0.1, -0.05) is 46.1 Å². The number of fused-ring (bicyclic) bond motifs is 1. The molecule has 3 aromatic rings. The maximum atomic E-state index is 13.7. The lowest BCUT2D eigenvalue weighted by Gasteiger charge is -2.21. The van der Waals surface area contributed by atoms with Crippen molar-refractivity contribution in [3.8, 4) is 5.75 Å². The van der Waals surface area contributed by atoms with E-state index in [0.29, 0.717) is 40.9 Å². The van der Waals surface area contributed by atoms with Crippen LogP contribution in [0, 0.1) is 0 Å². The smallest absolute Gasteiger partial charge is 0.197 e. The number of hydrogen-bond donors (Lipinski definition) is 1. The van der Waals surface area contributed by atoms with E-state index in [1.54, 1.807) is 18.2 Å². The highest BCUT2D eigenvalue weighted by molar-refractivity contribution is 7.77. The van der Waals surface area contributed by atoms with Crippen molar-refractivity contribution in [1.82, 2.24) is 9.62 Å². The van der Waals surface area contributed by atoms with Gasteiger partial charge in [-0.15, -0.1) is 0 Å². The van der Waals surface area contributed by atoms with E-state index in [-0.39, 0.29) is 12.3 Å². The number of aryl methyl sites for hydroxylation is 1. The Labute approximate surface area is 235 Å². The number of carbonyl (C=O) groups excluding carboxylic acids is 1. The van der Waals surface area contributed by atoms with Gasteiger partial charge >= 0.3 is 0 Å². The lowest BCUT2D eigenvalue weighted by molar-refractivity contribution is 0.103. The summed E-state index contributed by atoms with van der Waals surface area (Å²) in [5.74, 6) is 1.32. The van der Waals surface area contributed by atoms with Crippen LogP contribution in [0.3, 0.4) is 0 Å². The third kappa shape index (κ3) is 9.57. The Morgan fingerprint density at radius 2 is 1.62 bits per heavy atom. The molecule has 0 spiro atoms. The molecule has 1 aromatic heterocycles. The molecule has 3 rings (SSSR count). The Kier molecular flexibility index (Phi) is 13.2. The Bertz CT molecular complexity index is 1180. The average Bonchev–Trinajstić information content (AvgIpc) is 3.31. The zero-order chi connectivity index (χ0) is 28.0. The number of unbranched alkanes of at least 4 members (excludes halogenated alkanes) is 3. The van der Waals surface area contributed by atoms with E-state index in [1.165, 1.54) is 25.7 Å². The number of rotatable bonds is 19. The molecule has 1 N–H and O–H groups in total. The van der Waals surface area contributed by atoms with Crippen LogP contribution in [-0.4, -0.2) is 45.7 Å². The number of nitrogens with zero attached hydrogens (tertiary/aromatic N) is 1. The fourth-order valence-corrected chi connectivity index (χ4v) is 4.92. The van der Waals surface area contributed by atoms with Crippen molar-refractivity contribution in [3.05, 3.63) is 64.9 Å². The molecule has 0 saturated carbocycles. The first-order valence-electron chi connectivity index (χ1n) is 14.3. The van der Waals surface area contributed by atoms with Crippen molar-refractivity contribution in [2.24, 2.45) is 0 Å². The molecule has 2 aromatic carbocycles. The van der Waals surface area contributed by atoms with Gasteiger partial charge in [0, 0.05) is 41.7 Å². The molecule has 0 aliphatic heterocycles. The summed E-state index contributed by atoms with van der Waals surface area (Å²) in [5.41, 5.74) is 2.51. The van der Waals surface area contributed by atoms with Crippen LogP contribution in [0.4, 0.5) is 0 Å². The van der Waals surface area contributed by atoms with Gasteiger partial charge in [-0.25, -0.2) is 4.72 Å². The van der Waals surface area contributed by atoms with Crippen LogP contribution < -0.4 is 9.46 Å². The first-order valence-corrected chi connectivity index (χ1v) is 15.4. The van der Waals surface area contributed by atoms with Crippen molar-refractivity contribution in [3.63, 3.8) is 0 Å². The quantitative estimate of drug-likeness (QED) is 0.102.